The van der Waals surface area contributed by atoms with Gasteiger partial charge in [0.1, 0.15) is 0 Å². The van der Waals surface area contributed by atoms with Gasteiger partial charge in [-0.05, 0) is 29.0 Å². The second-order valence-corrected chi connectivity index (χ2v) is 6.73. The van der Waals surface area contributed by atoms with Crippen LogP contribution in [0.2, 0.25) is 0 Å². The lowest BCUT2D eigenvalue weighted by Crippen LogP contribution is -2.28. The van der Waals surface area contributed by atoms with Crippen molar-refractivity contribution in [1.82, 2.24) is 0 Å². The summed E-state index contributed by atoms with van der Waals surface area (Å²) in [6.45, 7) is 0.194. The van der Waals surface area contributed by atoms with Gasteiger partial charge in [0, 0.05) is 30.8 Å². The Bertz CT molecular complexity index is 1100. The largest absolute Gasteiger partial charge is 0.326 e. The van der Waals surface area contributed by atoms with Crippen molar-refractivity contribution in [2.24, 2.45) is 5.92 Å². The minimum atomic E-state index is -0.516. The fourth-order valence-corrected chi connectivity index (χ4v) is 3.42. The van der Waals surface area contributed by atoms with Crippen molar-refractivity contribution in [2.75, 3.05) is 16.8 Å². The number of fused-ring (bicyclic) bond motifs is 1. The number of hydrogen-bond acceptors (Lipinski definition) is 4. The zero-order chi connectivity index (χ0) is 19.7. The predicted octanol–water partition coefficient (Wildman–Crippen LogP) is 3.74. The van der Waals surface area contributed by atoms with Crippen molar-refractivity contribution in [3.05, 3.63) is 76.8 Å². The summed E-state index contributed by atoms with van der Waals surface area (Å²) < 4.78 is 0. The third-order valence-corrected chi connectivity index (χ3v) is 4.87. The Kier molecular flexibility index (Phi) is 4.49. The predicted molar refractivity (Wildman–Crippen MR) is 106 cm³/mol. The van der Waals surface area contributed by atoms with Gasteiger partial charge in [0.2, 0.25) is 11.8 Å². The molecule has 1 atom stereocenters. The molecular weight excluding hydrogens is 358 g/mol. The number of nitro benzene ring substituents is 1. The van der Waals surface area contributed by atoms with Crippen molar-refractivity contribution >= 4 is 39.6 Å². The van der Waals surface area contributed by atoms with Gasteiger partial charge >= 0.3 is 0 Å². The topological polar surface area (TPSA) is 92.6 Å². The van der Waals surface area contributed by atoms with Gasteiger partial charge in [0.05, 0.1) is 16.5 Å². The van der Waals surface area contributed by atoms with Crippen LogP contribution in [0.4, 0.5) is 17.1 Å². The second-order valence-electron chi connectivity index (χ2n) is 6.73. The van der Waals surface area contributed by atoms with Crippen molar-refractivity contribution in [3.8, 4) is 0 Å². The first-order valence-corrected chi connectivity index (χ1v) is 8.86. The van der Waals surface area contributed by atoms with Crippen LogP contribution < -0.4 is 10.2 Å². The Balaban J connectivity index is 1.49. The smallest absolute Gasteiger partial charge is 0.271 e. The summed E-state index contributed by atoms with van der Waals surface area (Å²) in [4.78, 5) is 36.9. The summed E-state index contributed by atoms with van der Waals surface area (Å²) in [5.41, 5.74) is 1.01. The second kappa shape index (κ2) is 7.11. The van der Waals surface area contributed by atoms with E-state index in [-0.39, 0.29) is 30.5 Å². The molecule has 3 aromatic carbocycles. The fourth-order valence-electron chi connectivity index (χ4n) is 3.42. The number of carbonyl (C=O) groups excluding carboxylic acids is 2. The number of anilines is 2. The van der Waals surface area contributed by atoms with E-state index < -0.39 is 10.8 Å². The minimum absolute atomic E-state index is 0.0715. The number of hydrogen-bond donors (Lipinski definition) is 1. The van der Waals surface area contributed by atoms with E-state index in [0.29, 0.717) is 11.4 Å². The Labute approximate surface area is 160 Å². The number of nitrogens with one attached hydrogen (secondary N) is 1. The number of non-ortho nitro benzene ring substituents is 1. The molecule has 7 nitrogen and oxygen atoms in total. The number of rotatable bonds is 4. The van der Waals surface area contributed by atoms with Crippen molar-refractivity contribution < 1.29 is 14.5 Å². The third-order valence-electron chi connectivity index (χ3n) is 4.87. The monoisotopic (exact) mass is 375 g/mol. The molecule has 0 aromatic heterocycles. The van der Waals surface area contributed by atoms with E-state index in [4.69, 9.17) is 0 Å². The summed E-state index contributed by atoms with van der Waals surface area (Å²) in [6.07, 6.45) is 0.0715. The molecule has 2 amide bonds. The molecule has 0 spiro atoms. The first kappa shape index (κ1) is 17.7. The molecule has 0 unspecified atom stereocenters. The molecular formula is C21H17N3O4. The summed E-state index contributed by atoms with van der Waals surface area (Å²) in [7, 11) is 0. The molecule has 7 heteroatoms. The van der Waals surface area contributed by atoms with Gasteiger partial charge in [-0.15, -0.1) is 0 Å². The highest BCUT2D eigenvalue weighted by Gasteiger charge is 2.35. The minimum Gasteiger partial charge on any atom is -0.326 e. The van der Waals surface area contributed by atoms with Crippen LogP contribution in [0.25, 0.3) is 10.8 Å². The Hall–Kier alpha value is -3.74. The number of benzene rings is 3. The standard InChI is InChI=1S/C21H17N3O4/c25-20-11-16(13-23(20)18-6-3-7-19(12-18)24(27)28)21(26)22-17-9-8-14-4-1-2-5-15(14)10-17/h1-10,12,16H,11,13H2,(H,22,26)/t16-/m0/s1. The van der Waals surface area contributed by atoms with E-state index >= 15 is 0 Å². The quantitative estimate of drug-likeness (QED) is 0.555. The van der Waals surface area contributed by atoms with Crippen LogP contribution in [0.5, 0.6) is 0 Å². The normalized spacial score (nSPS) is 16.4. The van der Waals surface area contributed by atoms with Gasteiger partial charge in [0.25, 0.3) is 5.69 Å². The van der Waals surface area contributed by atoms with Gasteiger partial charge in [-0.1, -0.05) is 36.4 Å². The third kappa shape index (κ3) is 3.42. The molecule has 1 fully saturated rings. The molecule has 0 saturated carbocycles. The van der Waals surface area contributed by atoms with Crippen molar-refractivity contribution in [3.63, 3.8) is 0 Å². The zero-order valence-corrected chi connectivity index (χ0v) is 14.9. The van der Waals surface area contributed by atoms with Gasteiger partial charge in [0.15, 0.2) is 0 Å². The van der Waals surface area contributed by atoms with E-state index in [1.54, 1.807) is 6.07 Å². The number of nitro groups is 1. The number of amides is 2. The molecule has 0 bridgehead atoms. The van der Waals surface area contributed by atoms with E-state index in [1.807, 2.05) is 42.5 Å². The van der Waals surface area contributed by atoms with Crippen LogP contribution >= 0.6 is 0 Å². The highest BCUT2D eigenvalue weighted by Crippen LogP contribution is 2.29. The first-order valence-electron chi connectivity index (χ1n) is 8.86. The van der Waals surface area contributed by atoms with Gasteiger partial charge in [-0.3, -0.25) is 19.7 Å². The Morgan fingerprint density at radius 3 is 2.61 bits per heavy atom. The molecule has 0 radical (unpaired) electrons. The molecule has 1 N–H and O–H groups in total. The summed E-state index contributed by atoms with van der Waals surface area (Å²) >= 11 is 0. The molecule has 1 aliphatic heterocycles. The van der Waals surface area contributed by atoms with Crippen LogP contribution in [0.3, 0.4) is 0 Å². The van der Waals surface area contributed by atoms with E-state index in [9.17, 15) is 19.7 Å². The molecule has 4 rings (SSSR count). The average Bonchev–Trinajstić information content (AvgIpc) is 3.10. The fraction of sp³-hybridized carbons (Fsp3) is 0.143. The van der Waals surface area contributed by atoms with Crippen molar-refractivity contribution in [2.45, 2.75) is 6.42 Å². The lowest BCUT2D eigenvalue weighted by atomic mass is 10.1. The Morgan fingerprint density at radius 2 is 1.82 bits per heavy atom. The maximum atomic E-state index is 12.7. The Morgan fingerprint density at radius 1 is 1.04 bits per heavy atom. The SMILES string of the molecule is O=C(Nc1ccc2ccccc2c1)[C@H]1CC(=O)N(c2cccc([N+](=O)[O-])c2)C1. The molecule has 140 valence electrons. The van der Waals surface area contributed by atoms with E-state index in [0.717, 1.165) is 10.8 Å². The molecule has 1 saturated heterocycles. The molecule has 1 aliphatic rings. The van der Waals surface area contributed by atoms with Crippen molar-refractivity contribution in [1.29, 1.82) is 0 Å². The van der Waals surface area contributed by atoms with Gasteiger partial charge in [-0.25, -0.2) is 0 Å². The van der Waals surface area contributed by atoms with Gasteiger partial charge in [-0.2, -0.15) is 0 Å². The maximum Gasteiger partial charge on any atom is 0.271 e. The van der Waals surface area contributed by atoms with E-state index in [2.05, 4.69) is 5.32 Å². The molecule has 3 aromatic rings. The first-order chi connectivity index (χ1) is 13.5. The number of carbonyl (C=O) groups is 2. The lowest BCUT2D eigenvalue weighted by Gasteiger charge is -2.16. The maximum absolute atomic E-state index is 12.7. The van der Waals surface area contributed by atoms with Crippen LogP contribution in [-0.4, -0.2) is 23.3 Å². The van der Waals surface area contributed by atoms with Crippen LogP contribution in [0, 0.1) is 16.0 Å². The van der Waals surface area contributed by atoms with Crippen LogP contribution in [0.1, 0.15) is 6.42 Å². The highest BCUT2D eigenvalue weighted by molar-refractivity contribution is 6.04. The summed E-state index contributed by atoms with van der Waals surface area (Å²) in [5.74, 6) is -0.978. The lowest BCUT2D eigenvalue weighted by molar-refractivity contribution is -0.384. The zero-order valence-electron chi connectivity index (χ0n) is 14.9. The van der Waals surface area contributed by atoms with Crippen LogP contribution in [-0.2, 0) is 9.59 Å². The van der Waals surface area contributed by atoms with Crippen LogP contribution in [0.15, 0.2) is 66.7 Å². The molecule has 0 aliphatic carbocycles. The summed E-state index contributed by atoms with van der Waals surface area (Å²) in [5, 5.41) is 15.9. The van der Waals surface area contributed by atoms with Gasteiger partial charge < -0.3 is 10.2 Å². The average molecular weight is 375 g/mol. The highest BCUT2D eigenvalue weighted by atomic mass is 16.6. The molecule has 1 heterocycles. The molecule has 28 heavy (non-hydrogen) atoms. The summed E-state index contributed by atoms with van der Waals surface area (Å²) in [6, 6.07) is 19.4. The number of nitrogens with zero attached hydrogens (tertiary/aromatic N) is 2. The van der Waals surface area contributed by atoms with E-state index in [1.165, 1.54) is 23.1 Å².